The highest BCUT2D eigenvalue weighted by molar-refractivity contribution is 6.10. The normalized spacial score (nSPS) is 12.1. The fourth-order valence-corrected chi connectivity index (χ4v) is 8.63. The first-order valence-electron chi connectivity index (χ1n) is 19.7. The summed E-state index contributed by atoms with van der Waals surface area (Å²) in [6.07, 6.45) is 6.45. The van der Waals surface area contributed by atoms with Gasteiger partial charge in [-0.25, -0.2) is 0 Å². The summed E-state index contributed by atoms with van der Waals surface area (Å²) >= 11 is 0. The van der Waals surface area contributed by atoms with Crippen LogP contribution in [0.1, 0.15) is 13.8 Å². The van der Waals surface area contributed by atoms with Gasteiger partial charge in [0.25, 0.3) is 0 Å². The van der Waals surface area contributed by atoms with Crippen LogP contribution in [0.4, 0.5) is 11.4 Å². The number of hydrogen-bond acceptors (Lipinski definition) is 1. The van der Waals surface area contributed by atoms with Crippen LogP contribution in [0.5, 0.6) is 0 Å². The third kappa shape index (κ3) is 5.84. The molecule has 0 unspecified atom stereocenters. The number of para-hydroxylation sites is 5. The van der Waals surface area contributed by atoms with E-state index in [4.69, 9.17) is 0 Å². The van der Waals surface area contributed by atoms with Crippen LogP contribution in [0.2, 0.25) is 0 Å². The second kappa shape index (κ2) is 14.4. The average molecular weight is 732 g/mol. The van der Waals surface area contributed by atoms with Crippen molar-refractivity contribution in [3.8, 4) is 33.6 Å². The van der Waals surface area contributed by atoms with Crippen LogP contribution in [0, 0.1) is 0 Å². The molecule has 57 heavy (non-hydrogen) atoms. The maximum Gasteiger partial charge on any atom is 0.0541 e. The fourth-order valence-electron chi connectivity index (χ4n) is 8.63. The van der Waals surface area contributed by atoms with Gasteiger partial charge in [-0.3, -0.25) is 0 Å². The van der Waals surface area contributed by atoms with Crippen molar-refractivity contribution in [1.29, 1.82) is 0 Å². The monoisotopic (exact) mass is 731 g/mol. The van der Waals surface area contributed by atoms with Crippen LogP contribution in [-0.4, -0.2) is 9.13 Å². The Morgan fingerprint density at radius 1 is 0.421 bits per heavy atom. The van der Waals surface area contributed by atoms with Gasteiger partial charge < -0.3 is 14.0 Å². The van der Waals surface area contributed by atoms with Crippen molar-refractivity contribution >= 4 is 55.0 Å². The van der Waals surface area contributed by atoms with E-state index in [9.17, 15) is 0 Å². The van der Waals surface area contributed by atoms with Gasteiger partial charge in [-0.15, -0.1) is 0 Å². The smallest absolute Gasteiger partial charge is 0.0541 e. The minimum atomic E-state index is 1.10. The van der Waals surface area contributed by atoms with E-state index in [0.717, 1.165) is 22.8 Å². The third-order valence-electron chi connectivity index (χ3n) is 11.2. The Labute approximate surface area is 333 Å². The molecule has 0 saturated carbocycles. The molecule has 0 amide bonds. The minimum absolute atomic E-state index is 1.10. The largest absolute Gasteiger partial charge is 0.311 e. The van der Waals surface area contributed by atoms with Crippen LogP contribution in [0.3, 0.4) is 0 Å². The molecule has 272 valence electrons. The Morgan fingerprint density at radius 2 is 0.895 bits per heavy atom. The molecular formula is C54H41N3. The van der Waals surface area contributed by atoms with E-state index in [0.29, 0.717) is 0 Å². The van der Waals surface area contributed by atoms with E-state index >= 15 is 0 Å². The van der Waals surface area contributed by atoms with Crippen molar-refractivity contribution in [2.45, 2.75) is 13.8 Å². The van der Waals surface area contributed by atoms with E-state index in [2.05, 4.69) is 240 Å². The molecule has 0 atom stereocenters. The van der Waals surface area contributed by atoms with Crippen molar-refractivity contribution in [1.82, 2.24) is 9.13 Å². The summed E-state index contributed by atoms with van der Waals surface area (Å²) in [4.78, 5) is 2.33. The molecule has 8 aromatic carbocycles. The van der Waals surface area contributed by atoms with Gasteiger partial charge >= 0.3 is 0 Å². The number of nitrogens with zero attached hydrogens (tertiary/aromatic N) is 3. The summed E-state index contributed by atoms with van der Waals surface area (Å²) < 4.78 is 4.79. The molecule has 0 aliphatic heterocycles. The van der Waals surface area contributed by atoms with Gasteiger partial charge in [-0.1, -0.05) is 140 Å². The predicted octanol–water partition coefficient (Wildman–Crippen LogP) is 14.8. The minimum Gasteiger partial charge on any atom is -0.311 e. The van der Waals surface area contributed by atoms with Gasteiger partial charge in [0.05, 0.1) is 27.8 Å². The lowest BCUT2D eigenvalue weighted by atomic mass is 10.0. The highest BCUT2D eigenvalue weighted by Crippen LogP contribution is 2.39. The summed E-state index contributed by atoms with van der Waals surface area (Å²) in [6, 6.07) is 70.3. The van der Waals surface area contributed by atoms with Crippen LogP contribution in [-0.2, 0) is 0 Å². The molecule has 0 saturated heterocycles. The van der Waals surface area contributed by atoms with Crippen molar-refractivity contribution < 1.29 is 0 Å². The van der Waals surface area contributed by atoms with Gasteiger partial charge in [0, 0.05) is 49.9 Å². The molecule has 0 bridgehead atoms. The van der Waals surface area contributed by atoms with Crippen molar-refractivity contribution in [2.24, 2.45) is 0 Å². The first-order chi connectivity index (χ1) is 28.2. The zero-order valence-corrected chi connectivity index (χ0v) is 32.0. The quantitative estimate of drug-likeness (QED) is 0.142. The van der Waals surface area contributed by atoms with E-state index < -0.39 is 0 Å². The lowest BCUT2D eigenvalue weighted by Crippen LogP contribution is -2.15. The molecule has 0 N–H and O–H groups in total. The molecule has 10 aromatic rings. The summed E-state index contributed by atoms with van der Waals surface area (Å²) in [5.74, 6) is 0. The molecule has 2 aromatic heterocycles. The second-order valence-electron chi connectivity index (χ2n) is 14.4. The van der Waals surface area contributed by atoms with Crippen LogP contribution >= 0.6 is 0 Å². The van der Waals surface area contributed by atoms with Gasteiger partial charge in [0.1, 0.15) is 0 Å². The molecule has 0 spiro atoms. The second-order valence-corrected chi connectivity index (χ2v) is 14.4. The molecule has 3 nitrogen and oxygen atoms in total. The van der Waals surface area contributed by atoms with Gasteiger partial charge in [-0.2, -0.15) is 0 Å². The van der Waals surface area contributed by atoms with Gasteiger partial charge in [0.2, 0.25) is 0 Å². The first kappa shape index (κ1) is 34.2. The van der Waals surface area contributed by atoms with E-state index in [1.807, 2.05) is 0 Å². The number of allylic oxidation sites excluding steroid dienone is 3. The van der Waals surface area contributed by atoms with Crippen molar-refractivity contribution in [3.05, 3.63) is 218 Å². The fraction of sp³-hybridized carbons (Fsp3) is 0.0370. The number of hydrogen-bond donors (Lipinski definition) is 0. The standard InChI is InChI=1S/C54H41N3/c1-3-16-41(4-2)55(42-33-29-38(30-34-42)40-17-15-18-44(37-40)56-51-25-11-6-20-46(51)47-21-7-12-26-52(47)56)43-35-31-39(32-36-43)45-19-5-10-24-50(45)57-53-27-13-8-22-48(53)49-23-9-14-28-54(49)57/h3-37H,1-2H3/b16-3-,41-4+. The van der Waals surface area contributed by atoms with Crippen LogP contribution < -0.4 is 4.90 Å². The summed E-state index contributed by atoms with van der Waals surface area (Å²) in [5, 5.41) is 5.06. The van der Waals surface area contributed by atoms with Crippen molar-refractivity contribution in [3.63, 3.8) is 0 Å². The maximum atomic E-state index is 2.41. The van der Waals surface area contributed by atoms with Crippen LogP contribution in [0.25, 0.3) is 77.2 Å². The topological polar surface area (TPSA) is 13.1 Å². The molecule has 0 radical (unpaired) electrons. The predicted molar refractivity (Wildman–Crippen MR) is 243 cm³/mol. The van der Waals surface area contributed by atoms with E-state index in [-0.39, 0.29) is 0 Å². The van der Waals surface area contributed by atoms with E-state index in [1.165, 1.54) is 71.6 Å². The highest BCUT2D eigenvalue weighted by Gasteiger charge is 2.18. The number of benzene rings is 8. The Hall–Kier alpha value is -7.36. The van der Waals surface area contributed by atoms with Crippen molar-refractivity contribution in [2.75, 3.05) is 4.90 Å². The zero-order chi connectivity index (χ0) is 38.3. The van der Waals surface area contributed by atoms with Gasteiger partial charge in [-0.05, 0) is 103 Å². The maximum absolute atomic E-state index is 2.41. The van der Waals surface area contributed by atoms with Crippen LogP contribution in [0.15, 0.2) is 218 Å². The lowest BCUT2D eigenvalue weighted by Gasteiger charge is -2.27. The molecule has 10 rings (SSSR count). The summed E-state index contributed by atoms with van der Waals surface area (Å²) in [7, 11) is 0. The highest BCUT2D eigenvalue weighted by atomic mass is 15.1. The summed E-state index contributed by atoms with van der Waals surface area (Å²) in [6.45, 7) is 4.18. The third-order valence-corrected chi connectivity index (χ3v) is 11.2. The Bertz CT molecular complexity index is 3030. The number of rotatable bonds is 8. The number of aromatic nitrogens is 2. The first-order valence-corrected chi connectivity index (χ1v) is 19.7. The van der Waals surface area contributed by atoms with Gasteiger partial charge in [0.15, 0.2) is 0 Å². The average Bonchev–Trinajstić information content (AvgIpc) is 3.80. The summed E-state index contributed by atoms with van der Waals surface area (Å²) in [5.41, 5.74) is 15.2. The molecule has 0 fully saturated rings. The zero-order valence-electron chi connectivity index (χ0n) is 32.0. The Morgan fingerprint density at radius 3 is 1.42 bits per heavy atom. The molecular weight excluding hydrogens is 691 g/mol. The lowest BCUT2D eigenvalue weighted by molar-refractivity contribution is 1.18. The molecule has 0 aliphatic carbocycles. The van der Waals surface area contributed by atoms with E-state index in [1.54, 1.807) is 0 Å². The SMILES string of the molecule is C/C=C\C(=C/C)N(c1ccc(-c2cccc(-n3c4ccccc4c4ccccc43)c2)cc1)c1ccc(-c2ccccc2-n2c3ccccc3c3ccccc32)cc1. The Kier molecular flexibility index (Phi) is 8.61. The molecule has 0 aliphatic rings. The number of fused-ring (bicyclic) bond motifs is 6. The molecule has 2 heterocycles. The molecule has 3 heteroatoms. The Balaban J connectivity index is 1.01. The number of anilines is 2.